The number of nitrogens with one attached hydrogen (secondary N) is 1. The summed E-state index contributed by atoms with van der Waals surface area (Å²) in [5.74, 6) is 4.04. The van der Waals surface area contributed by atoms with Crippen molar-refractivity contribution in [3.63, 3.8) is 0 Å². The average molecular weight is 621 g/mol. The smallest absolute Gasteiger partial charge is 0.241 e. The van der Waals surface area contributed by atoms with E-state index in [1.807, 2.05) is 24.3 Å². The minimum Gasteiger partial charge on any atom is -0.497 e. The third kappa shape index (κ3) is 4.83. The first-order chi connectivity index (χ1) is 20.5. The number of methoxy groups -OCH3 is 2. The molecule has 2 aromatic carbocycles. The first-order valence-corrected chi connectivity index (χ1v) is 16.7. The van der Waals surface area contributed by atoms with Gasteiger partial charge in [0.1, 0.15) is 16.5 Å². The van der Waals surface area contributed by atoms with Gasteiger partial charge in [0.25, 0.3) is 0 Å². The summed E-state index contributed by atoms with van der Waals surface area (Å²) in [6.07, 6.45) is 1.70. The number of benzene rings is 2. The van der Waals surface area contributed by atoms with Crippen molar-refractivity contribution < 1.29 is 14.2 Å². The molecule has 0 spiro atoms. The molecule has 2 aromatic heterocycles. The second kappa shape index (κ2) is 11.1. The summed E-state index contributed by atoms with van der Waals surface area (Å²) >= 11 is 5.18. The molecule has 42 heavy (non-hydrogen) atoms. The van der Waals surface area contributed by atoms with E-state index in [-0.39, 0.29) is 11.8 Å². The number of thioether (sulfide) groups is 2. The van der Waals surface area contributed by atoms with E-state index in [2.05, 4.69) is 53.0 Å². The van der Waals surface area contributed by atoms with E-state index in [0.29, 0.717) is 6.61 Å². The molecule has 4 aromatic rings. The number of amidine groups is 1. The van der Waals surface area contributed by atoms with Crippen LogP contribution in [0.3, 0.4) is 0 Å². The maximum atomic E-state index is 6.36. The number of hydrogen-bond acceptors (Lipinski definition) is 11. The Balaban J connectivity index is 1.23. The molecule has 0 radical (unpaired) electrons. The number of hydrogen-bond donors (Lipinski definition) is 1. The van der Waals surface area contributed by atoms with Crippen LogP contribution in [0.15, 0.2) is 58.8 Å². The van der Waals surface area contributed by atoms with Gasteiger partial charge in [-0.15, -0.1) is 21.5 Å². The molecule has 7 rings (SSSR count). The van der Waals surface area contributed by atoms with Crippen LogP contribution in [0.2, 0.25) is 0 Å². The minimum atomic E-state index is -0.183. The molecule has 0 aliphatic carbocycles. The van der Waals surface area contributed by atoms with E-state index >= 15 is 0 Å². The van der Waals surface area contributed by atoms with Crippen molar-refractivity contribution in [2.75, 3.05) is 19.1 Å². The second-order valence-corrected chi connectivity index (χ2v) is 13.6. The van der Waals surface area contributed by atoms with Gasteiger partial charge in [-0.1, -0.05) is 54.7 Å². The van der Waals surface area contributed by atoms with Crippen LogP contribution in [0.4, 0.5) is 5.95 Å². The van der Waals surface area contributed by atoms with Crippen molar-refractivity contribution in [1.29, 1.82) is 0 Å². The van der Waals surface area contributed by atoms with Crippen LogP contribution in [0.5, 0.6) is 11.5 Å². The first kappa shape index (κ1) is 27.6. The van der Waals surface area contributed by atoms with Crippen LogP contribution in [0.25, 0.3) is 5.00 Å². The maximum Gasteiger partial charge on any atom is 0.241 e. The largest absolute Gasteiger partial charge is 0.497 e. The number of aromatic nitrogens is 3. The monoisotopic (exact) mass is 620 g/mol. The van der Waals surface area contributed by atoms with E-state index in [1.165, 1.54) is 27.1 Å². The predicted octanol–water partition coefficient (Wildman–Crippen LogP) is 6.51. The molecular formula is C30H32N6O3S3. The number of fused-ring (bicyclic) bond motifs is 8. The molecule has 1 unspecified atom stereocenters. The standard InChI is InChI=1S/C30H32N6O3S3/c1-5-30(2)14-22-23(15-39-30)42-26-24(22)25-31-33-28(40-16-18-6-10-20(37-3)11-7-18)35(25)27-32-34-29(36(26)27)41-17-19-8-12-21(38-4)13-9-19/h6-13,25,31H,5,14-17H2,1-4H3/t25?,30-/m0/s1. The highest BCUT2D eigenvalue weighted by molar-refractivity contribution is 8.13. The van der Waals surface area contributed by atoms with Crippen molar-refractivity contribution in [1.82, 2.24) is 20.2 Å². The number of nitrogens with zero attached hydrogens (tertiary/aromatic N) is 5. The summed E-state index contributed by atoms with van der Waals surface area (Å²) in [7, 11) is 3.37. The summed E-state index contributed by atoms with van der Waals surface area (Å²) in [6, 6.07) is 16.4. The minimum absolute atomic E-state index is 0.131. The zero-order valence-corrected chi connectivity index (χ0v) is 26.4. The fourth-order valence-electron chi connectivity index (χ4n) is 5.43. The molecule has 218 valence electrons. The highest BCUT2D eigenvalue weighted by atomic mass is 32.2. The second-order valence-electron chi connectivity index (χ2n) is 10.7. The lowest BCUT2D eigenvalue weighted by atomic mass is 9.88. The number of anilines is 1. The highest BCUT2D eigenvalue weighted by Crippen LogP contribution is 2.50. The Labute approximate surface area is 257 Å². The molecular weight excluding hydrogens is 589 g/mol. The van der Waals surface area contributed by atoms with Crippen LogP contribution >= 0.6 is 34.9 Å². The van der Waals surface area contributed by atoms with Crippen molar-refractivity contribution >= 4 is 46.0 Å². The first-order valence-electron chi connectivity index (χ1n) is 13.9. The molecule has 0 fully saturated rings. The van der Waals surface area contributed by atoms with E-state index in [0.717, 1.165) is 57.1 Å². The molecule has 2 atom stereocenters. The van der Waals surface area contributed by atoms with E-state index in [1.54, 1.807) is 49.1 Å². The van der Waals surface area contributed by atoms with Gasteiger partial charge in [0.15, 0.2) is 16.5 Å². The normalized spacial score (nSPS) is 20.2. The van der Waals surface area contributed by atoms with Crippen molar-refractivity contribution in [2.24, 2.45) is 5.10 Å². The van der Waals surface area contributed by atoms with Gasteiger partial charge in [-0.3, -0.25) is 10.3 Å². The van der Waals surface area contributed by atoms with Crippen LogP contribution in [-0.2, 0) is 29.3 Å². The predicted molar refractivity (Wildman–Crippen MR) is 169 cm³/mol. The Kier molecular flexibility index (Phi) is 7.33. The lowest BCUT2D eigenvalue weighted by Crippen LogP contribution is -2.40. The quantitative estimate of drug-likeness (QED) is 0.222. The van der Waals surface area contributed by atoms with Gasteiger partial charge in [-0.05, 0) is 54.3 Å². The van der Waals surface area contributed by atoms with Gasteiger partial charge in [0, 0.05) is 28.4 Å². The molecule has 5 heterocycles. The molecule has 0 bridgehead atoms. The van der Waals surface area contributed by atoms with Gasteiger partial charge in [0.2, 0.25) is 5.95 Å². The van der Waals surface area contributed by atoms with E-state index in [9.17, 15) is 0 Å². The number of ether oxygens (including phenoxy) is 3. The van der Waals surface area contributed by atoms with Crippen LogP contribution in [0.1, 0.15) is 53.6 Å². The zero-order valence-electron chi connectivity index (χ0n) is 23.9. The topological polar surface area (TPSA) is 86.0 Å². The van der Waals surface area contributed by atoms with Crippen molar-refractivity contribution in [2.45, 2.75) is 61.7 Å². The van der Waals surface area contributed by atoms with Gasteiger partial charge < -0.3 is 14.2 Å². The molecule has 3 aliphatic rings. The van der Waals surface area contributed by atoms with Gasteiger partial charge >= 0.3 is 0 Å². The number of hydrazone groups is 1. The van der Waals surface area contributed by atoms with Crippen molar-refractivity contribution in [3.8, 4) is 16.5 Å². The lowest BCUT2D eigenvalue weighted by molar-refractivity contribution is -0.0549. The van der Waals surface area contributed by atoms with Crippen LogP contribution in [-0.4, -0.2) is 39.8 Å². The number of thiophene rings is 1. The van der Waals surface area contributed by atoms with Crippen molar-refractivity contribution in [3.05, 3.63) is 75.7 Å². The number of rotatable bonds is 8. The Bertz CT molecular complexity index is 1640. The fraction of sp³-hybridized carbons (Fsp3) is 0.367. The lowest BCUT2D eigenvalue weighted by Gasteiger charge is -2.35. The Morgan fingerprint density at radius 1 is 1.00 bits per heavy atom. The molecule has 9 nitrogen and oxygen atoms in total. The fourth-order valence-corrected chi connectivity index (χ4v) is 8.57. The Morgan fingerprint density at radius 2 is 1.67 bits per heavy atom. The zero-order chi connectivity index (χ0) is 28.8. The molecule has 0 saturated heterocycles. The summed E-state index contributed by atoms with van der Waals surface area (Å²) < 4.78 is 19.2. The Hall–Kier alpha value is -3.19. The molecule has 0 amide bonds. The Morgan fingerprint density at radius 3 is 2.31 bits per heavy atom. The summed E-state index contributed by atoms with van der Waals surface area (Å²) in [6.45, 7) is 5.04. The average Bonchev–Trinajstić information content (AvgIpc) is 3.74. The summed E-state index contributed by atoms with van der Waals surface area (Å²) in [4.78, 5) is 3.49. The summed E-state index contributed by atoms with van der Waals surface area (Å²) in [5, 5.41) is 17.2. The van der Waals surface area contributed by atoms with E-state index < -0.39 is 0 Å². The molecule has 12 heteroatoms. The van der Waals surface area contributed by atoms with Gasteiger partial charge in [-0.25, -0.2) is 4.57 Å². The third-order valence-electron chi connectivity index (χ3n) is 8.07. The summed E-state index contributed by atoms with van der Waals surface area (Å²) in [5.41, 5.74) is 8.31. The third-order valence-corrected chi connectivity index (χ3v) is 11.3. The van der Waals surface area contributed by atoms with E-state index in [4.69, 9.17) is 29.5 Å². The van der Waals surface area contributed by atoms with Gasteiger partial charge in [-0.2, -0.15) is 5.10 Å². The SMILES string of the molecule is CC[C@@]1(C)Cc2c(sc3c2C2NN=C(SCc4ccc(OC)cc4)N2c2nnc(SCc4ccc(OC)cc4)n2-3)CO1. The maximum absolute atomic E-state index is 6.36. The molecule has 1 N–H and O–H groups in total. The molecule has 0 saturated carbocycles. The highest BCUT2D eigenvalue weighted by Gasteiger charge is 2.46. The molecule has 3 aliphatic heterocycles. The van der Waals surface area contributed by atoms with Crippen LogP contribution < -0.4 is 19.8 Å². The van der Waals surface area contributed by atoms with Crippen LogP contribution in [0, 0.1) is 0 Å². The van der Waals surface area contributed by atoms with Gasteiger partial charge in [0.05, 0.1) is 26.4 Å².